The summed E-state index contributed by atoms with van der Waals surface area (Å²) in [7, 11) is 0. The fourth-order valence-electron chi connectivity index (χ4n) is 2.55. The van der Waals surface area contributed by atoms with E-state index in [0.29, 0.717) is 0 Å². The Bertz CT molecular complexity index is 593. The molecule has 6 heteroatoms. The molecule has 19 heavy (non-hydrogen) atoms. The standard InChI is InChI=1S/C13H17N5O/c1-8-12(9(2)17-16-8)15-13(19)10-3-4-18-7-14-6-11(18)5-10/h6-7,10H,3-5H2,1-2H3,(H,15,19)(H,16,17). The maximum Gasteiger partial charge on any atom is 0.228 e. The fourth-order valence-corrected chi connectivity index (χ4v) is 2.55. The van der Waals surface area contributed by atoms with Crippen molar-refractivity contribution in [1.82, 2.24) is 19.7 Å². The van der Waals surface area contributed by atoms with Gasteiger partial charge in [-0.05, 0) is 20.3 Å². The van der Waals surface area contributed by atoms with Gasteiger partial charge in [0.2, 0.25) is 5.91 Å². The minimum Gasteiger partial charge on any atom is -0.335 e. The summed E-state index contributed by atoms with van der Waals surface area (Å²) in [5.74, 6) is 0.0814. The number of aromatic amines is 1. The second-order valence-corrected chi connectivity index (χ2v) is 5.07. The van der Waals surface area contributed by atoms with Crippen LogP contribution in [0, 0.1) is 19.8 Å². The van der Waals surface area contributed by atoms with Crippen LogP contribution in [0.1, 0.15) is 23.5 Å². The van der Waals surface area contributed by atoms with Crippen LogP contribution in [0.2, 0.25) is 0 Å². The van der Waals surface area contributed by atoms with E-state index in [-0.39, 0.29) is 11.8 Å². The summed E-state index contributed by atoms with van der Waals surface area (Å²) in [6, 6.07) is 0. The number of nitrogens with zero attached hydrogens (tertiary/aromatic N) is 3. The van der Waals surface area contributed by atoms with Gasteiger partial charge < -0.3 is 9.88 Å². The van der Waals surface area contributed by atoms with Crippen LogP contribution in [-0.4, -0.2) is 25.7 Å². The van der Waals surface area contributed by atoms with E-state index in [2.05, 4.69) is 25.1 Å². The van der Waals surface area contributed by atoms with Gasteiger partial charge in [0.1, 0.15) is 0 Å². The number of H-pyrrole nitrogens is 1. The van der Waals surface area contributed by atoms with E-state index < -0.39 is 0 Å². The number of rotatable bonds is 2. The van der Waals surface area contributed by atoms with Gasteiger partial charge in [-0.3, -0.25) is 9.89 Å². The van der Waals surface area contributed by atoms with Crippen LogP contribution in [0.15, 0.2) is 12.5 Å². The average molecular weight is 259 g/mol. The molecular formula is C13H17N5O. The van der Waals surface area contributed by atoms with E-state index >= 15 is 0 Å². The number of hydrogen-bond donors (Lipinski definition) is 2. The van der Waals surface area contributed by atoms with Gasteiger partial charge in [0.25, 0.3) is 0 Å². The van der Waals surface area contributed by atoms with E-state index in [1.165, 1.54) is 0 Å². The first-order valence-electron chi connectivity index (χ1n) is 6.46. The second-order valence-electron chi connectivity index (χ2n) is 5.07. The van der Waals surface area contributed by atoms with Crippen molar-refractivity contribution in [2.45, 2.75) is 33.2 Å². The van der Waals surface area contributed by atoms with Crippen LogP contribution in [0.3, 0.4) is 0 Å². The Labute approximate surface area is 111 Å². The molecule has 1 atom stereocenters. The molecule has 3 rings (SSSR count). The highest BCUT2D eigenvalue weighted by atomic mass is 16.1. The van der Waals surface area contributed by atoms with Gasteiger partial charge in [-0.25, -0.2) is 4.98 Å². The van der Waals surface area contributed by atoms with Crippen molar-refractivity contribution in [2.24, 2.45) is 5.92 Å². The molecule has 0 aromatic carbocycles. The summed E-state index contributed by atoms with van der Waals surface area (Å²) in [5.41, 5.74) is 3.66. The third-order valence-electron chi connectivity index (χ3n) is 3.72. The van der Waals surface area contributed by atoms with Crippen molar-refractivity contribution < 1.29 is 4.79 Å². The molecule has 3 heterocycles. The van der Waals surface area contributed by atoms with E-state index in [1.807, 2.05) is 26.4 Å². The summed E-state index contributed by atoms with van der Waals surface area (Å²) in [6.07, 6.45) is 5.27. The van der Waals surface area contributed by atoms with Crippen molar-refractivity contribution in [3.05, 3.63) is 29.6 Å². The molecule has 0 aliphatic carbocycles. The molecule has 6 nitrogen and oxygen atoms in total. The lowest BCUT2D eigenvalue weighted by atomic mass is 9.95. The number of carbonyl (C=O) groups is 1. The first-order chi connectivity index (χ1) is 9.15. The minimum absolute atomic E-state index is 0.0119. The monoisotopic (exact) mass is 259 g/mol. The maximum absolute atomic E-state index is 12.3. The van der Waals surface area contributed by atoms with Crippen LogP contribution in [0.25, 0.3) is 0 Å². The molecule has 2 aromatic rings. The van der Waals surface area contributed by atoms with Gasteiger partial charge in [-0.2, -0.15) is 5.10 Å². The van der Waals surface area contributed by atoms with Gasteiger partial charge in [-0.1, -0.05) is 0 Å². The normalized spacial score (nSPS) is 18.1. The van der Waals surface area contributed by atoms with Crippen LogP contribution in [0.5, 0.6) is 0 Å². The molecule has 1 aliphatic rings. The van der Waals surface area contributed by atoms with Crippen LogP contribution >= 0.6 is 0 Å². The predicted octanol–water partition coefficient (Wildman–Crippen LogP) is 1.42. The molecule has 0 bridgehead atoms. The number of anilines is 1. The van der Waals surface area contributed by atoms with Gasteiger partial charge in [0.05, 0.1) is 23.4 Å². The molecular weight excluding hydrogens is 242 g/mol. The molecule has 0 saturated heterocycles. The van der Waals surface area contributed by atoms with Crippen LogP contribution in [0.4, 0.5) is 5.69 Å². The van der Waals surface area contributed by atoms with Crippen molar-refractivity contribution in [2.75, 3.05) is 5.32 Å². The van der Waals surface area contributed by atoms with Gasteiger partial charge in [0, 0.05) is 30.8 Å². The molecule has 1 amide bonds. The first-order valence-corrected chi connectivity index (χ1v) is 6.46. The first kappa shape index (κ1) is 12.0. The molecule has 0 spiro atoms. The number of imidazole rings is 1. The zero-order chi connectivity index (χ0) is 13.4. The molecule has 2 aromatic heterocycles. The summed E-state index contributed by atoms with van der Waals surface area (Å²) in [4.78, 5) is 16.4. The Hall–Kier alpha value is -2.11. The lowest BCUT2D eigenvalue weighted by Crippen LogP contribution is -2.30. The Balaban J connectivity index is 1.72. The smallest absolute Gasteiger partial charge is 0.228 e. The third kappa shape index (κ3) is 2.14. The van der Waals surface area contributed by atoms with Crippen LogP contribution < -0.4 is 5.32 Å². The van der Waals surface area contributed by atoms with Crippen molar-refractivity contribution in [3.8, 4) is 0 Å². The highest BCUT2D eigenvalue weighted by Crippen LogP contribution is 2.23. The highest BCUT2D eigenvalue weighted by molar-refractivity contribution is 5.93. The average Bonchev–Trinajstić information content (AvgIpc) is 2.99. The summed E-state index contributed by atoms with van der Waals surface area (Å²) in [6.45, 7) is 4.65. The number of hydrogen-bond acceptors (Lipinski definition) is 3. The Morgan fingerprint density at radius 2 is 2.37 bits per heavy atom. The second kappa shape index (κ2) is 4.53. The minimum atomic E-state index is 0.0119. The van der Waals surface area contributed by atoms with Gasteiger partial charge >= 0.3 is 0 Å². The predicted molar refractivity (Wildman–Crippen MR) is 70.7 cm³/mol. The van der Waals surface area contributed by atoms with E-state index in [4.69, 9.17) is 0 Å². The van der Waals surface area contributed by atoms with Gasteiger partial charge in [-0.15, -0.1) is 0 Å². The molecule has 100 valence electrons. The summed E-state index contributed by atoms with van der Waals surface area (Å²) in [5, 5.41) is 9.95. The number of fused-ring (bicyclic) bond motifs is 1. The maximum atomic E-state index is 12.3. The Morgan fingerprint density at radius 3 is 3.11 bits per heavy atom. The summed E-state index contributed by atoms with van der Waals surface area (Å²) >= 11 is 0. The molecule has 0 saturated carbocycles. The number of nitrogens with one attached hydrogen (secondary N) is 2. The van der Waals surface area contributed by atoms with E-state index in [0.717, 1.165) is 42.2 Å². The number of aryl methyl sites for hydroxylation is 3. The lowest BCUT2D eigenvalue weighted by Gasteiger charge is -2.23. The van der Waals surface area contributed by atoms with Gasteiger partial charge in [0.15, 0.2) is 0 Å². The zero-order valence-corrected chi connectivity index (χ0v) is 11.1. The summed E-state index contributed by atoms with van der Waals surface area (Å²) < 4.78 is 2.11. The molecule has 1 aliphatic heterocycles. The van der Waals surface area contributed by atoms with E-state index in [1.54, 1.807) is 0 Å². The van der Waals surface area contributed by atoms with Crippen molar-refractivity contribution >= 4 is 11.6 Å². The lowest BCUT2D eigenvalue weighted by molar-refractivity contribution is -0.120. The fraction of sp³-hybridized carbons (Fsp3) is 0.462. The molecule has 2 N–H and O–H groups in total. The number of carbonyl (C=O) groups excluding carboxylic acids is 1. The molecule has 1 unspecified atom stereocenters. The Kier molecular flexibility index (Phi) is 2.85. The zero-order valence-electron chi connectivity index (χ0n) is 11.1. The SMILES string of the molecule is Cc1n[nH]c(C)c1NC(=O)C1CCn2cncc2C1. The molecule has 0 radical (unpaired) electrons. The van der Waals surface area contributed by atoms with Crippen molar-refractivity contribution in [1.29, 1.82) is 0 Å². The number of amides is 1. The topological polar surface area (TPSA) is 75.6 Å². The van der Waals surface area contributed by atoms with E-state index in [9.17, 15) is 4.79 Å². The highest BCUT2D eigenvalue weighted by Gasteiger charge is 2.25. The van der Waals surface area contributed by atoms with Crippen LogP contribution in [-0.2, 0) is 17.8 Å². The Morgan fingerprint density at radius 1 is 1.53 bits per heavy atom. The molecule has 0 fully saturated rings. The number of aromatic nitrogens is 4. The van der Waals surface area contributed by atoms with Crippen molar-refractivity contribution in [3.63, 3.8) is 0 Å². The quantitative estimate of drug-likeness (QED) is 0.856. The third-order valence-corrected chi connectivity index (χ3v) is 3.72. The largest absolute Gasteiger partial charge is 0.335 e.